The maximum Gasteiger partial charge on any atom is 0.236 e. The Kier molecular flexibility index (Phi) is 6.20. The molecule has 1 aliphatic heterocycles. The average molecular weight is 355 g/mol. The summed E-state index contributed by atoms with van der Waals surface area (Å²) in [5, 5.41) is 10.3. The van der Waals surface area contributed by atoms with E-state index in [9.17, 15) is 9.90 Å². The first kappa shape index (κ1) is 18.4. The Hall–Kier alpha value is -2.44. The summed E-state index contributed by atoms with van der Waals surface area (Å²) in [5.41, 5.74) is 2.01. The van der Waals surface area contributed by atoms with E-state index in [4.69, 9.17) is 4.74 Å². The highest BCUT2D eigenvalue weighted by molar-refractivity contribution is 5.78. The van der Waals surface area contributed by atoms with Gasteiger partial charge in [-0.3, -0.25) is 9.69 Å². The molecule has 1 fully saturated rings. The van der Waals surface area contributed by atoms with Gasteiger partial charge in [-0.1, -0.05) is 36.4 Å². The maximum atomic E-state index is 12.6. The quantitative estimate of drug-likeness (QED) is 0.847. The second kappa shape index (κ2) is 8.78. The van der Waals surface area contributed by atoms with Crippen LogP contribution in [-0.2, 0) is 17.8 Å². The molecule has 0 saturated carbocycles. The Labute approximate surface area is 154 Å². The summed E-state index contributed by atoms with van der Waals surface area (Å²) in [6.45, 7) is 2.22. The highest BCUT2D eigenvalue weighted by Gasteiger charge is 2.26. The summed E-state index contributed by atoms with van der Waals surface area (Å²) in [6.07, 6.45) is 0.222. The monoisotopic (exact) mass is 355 g/mol. The lowest BCUT2D eigenvalue weighted by atomic mass is 10.1. The van der Waals surface area contributed by atoms with E-state index in [0.29, 0.717) is 32.1 Å². The molecule has 1 aromatic carbocycles. The number of ether oxygens (including phenoxy) is 1. The number of pyridine rings is 1. The minimum atomic E-state index is -0.567. The van der Waals surface area contributed by atoms with Crippen LogP contribution in [0.15, 0.2) is 48.5 Å². The molecular weight excluding hydrogens is 330 g/mol. The fourth-order valence-electron chi connectivity index (χ4n) is 3.20. The Bertz CT molecular complexity index is 723. The van der Waals surface area contributed by atoms with Crippen molar-refractivity contribution in [1.29, 1.82) is 0 Å². The molecule has 2 heterocycles. The molecule has 0 radical (unpaired) electrons. The van der Waals surface area contributed by atoms with Gasteiger partial charge in [-0.15, -0.1) is 0 Å². The van der Waals surface area contributed by atoms with Gasteiger partial charge in [-0.25, -0.2) is 4.98 Å². The number of rotatable bonds is 6. The molecule has 1 saturated heterocycles. The minimum absolute atomic E-state index is 0.0420. The molecule has 0 bridgehead atoms. The van der Waals surface area contributed by atoms with Crippen LogP contribution in [0.25, 0.3) is 0 Å². The number of carbonyl (C=O) groups excluding carboxylic acids is 1. The molecule has 1 aliphatic rings. The Morgan fingerprint density at radius 2 is 1.96 bits per heavy atom. The van der Waals surface area contributed by atoms with E-state index in [0.717, 1.165) is 12.1 Å². The lowest BCUT2D eigenvalue weighted by molar-refractivity contribution is -0.131. The van der Waals surface area contributed by atoms with E-state index in [2.05, 4.69) is 17.1 Å². The lowest BCUT2D eigenvalue weighted by Gasteiger charge is -2.22. The minimum Gasteiger partial charge on any atom is -0.481 e. The van der Waals surface area contributed by atoms with E-state index < -0.39 is 6.10 Å². The van der Waals surface area contributed by atoms with Crippen molar-refractivity contribution in [1.82, 2.24) is 14.8 Å². The van der Waals surface area contributed by atoms with Crippen molar-refractivity contribution in [3.05, 3.63) is 59.8 Å². The van der Waals surface area contributed by atoms with Crippen LogP contribution in [-0.4, -0.2) is 65.2 Å². The molecule has 2 aromatic rings. The molecule has 1 unspecified atom stereocenters. The Morgan fingerprint density at radius 3 is 2.73 bits per heavy atom. The lowest BCUT2D eigenvalue weighted by Crippen LogP contribution is -2.38. The van der Waals surface area contributed by atoms with Gasteiger partial charge >= 0.3 is 0 Å². The molecule has 1 N–H and O–H groups in total. The van der Waals surface area contributed by atoms with Crippen LogP contribution in [0.4, 0.5) is 0 Å². The van der Waals surface area contributed by atoms with Gasteiger partial charge in [-0.05, 0) is 18.1 Å². The molecule has 26 heavy (non-hydrogen) atoms. The number of amides is 1. The van der Waals surface area contributed by atoms with Gasteiger partial charge < -0.3 is 14.7 Å². The number of hydrogen-bond acceptors (Lipinski definition) is 5. The highest BCUT2D eigenvalue weighted by Crippen LogP contribution is 2.13. The number of benzene rings is 1. The third-order valence-electron chi connectivity index (χ3n) is 4.50. The zero-order valence-electron chi connectivity index (χ0n) is 15.0. The van der Waals surface area contributed by atoms with Crippen molar-refractivity contribution in [3.63, 3.8) is 0 Å². The van der Waals surface area contributed by atoms with Crippen LogP contribution in [0.1, 0.15) is 11.3 Å². The van der Waals surface area contributed by atoms with Gasteiger partial charge in [0, 0.05) is 32.2 Å². The number of aliphatic hydroxyl groups excluding tert-OH is 1. The molecule has 1 amide bonds. The van der Waals surface area contributed by atoms with Crippen molar-refractivity contribution in [2.24, 2.45) is 0 Å². The number of β-amino-alcohol motifs (C(OH)–C–C–N with tert-alkyl or cyclic N) is 1. The van der Waals surface area contributed by atoms with Crippen LogP contribution in [0.5, 0.6) is 5.88 Å². The first-order valence-corrected chi connectivity index (χ1v) is 8.86. The zero-order valence-corrected chi connectivity index (χ0v) is 15.0. The predicted octanol–water partition coefficient (Wildman–Crippen LogP) is 1.34. The second-order valence-corrected chi connectivity index (χ2v) is 6.57. The van der Waals surface area contributed by atoms with E-state index in [-0.39, 0.29) is 12.5 Å². The summed E-state index contributed by atoms with van der Waals surface area (Å²) in [4.78, 5) is 20.7. The SMILES string of the molecule is COc1cccc(CN2CC(=O)N(CCc3ccccc3)CC(O)C2)n1. The van der Waals surface area contributed by atoms with E-state index in [1.807, 2.05) is 35.2 Å². The van der Waals surface area contributed by atoms with Crippen molar-refractivity contribution in [2.75, 3.05) is 33.3 Å². The van der Waals surface area contributed by atoms with Crippen LogP contribution >= 0.6 is 0 Å². The third kappa shape index (κ3) is 5.03. The van der Waals surface area contributed by atoms with E-state index in [1.54, 1.807) is 18.1 Å². The first-order valence-electron chi connectivity index (χ1n) is 8.86. The van der Waals surface area contributed by atoms with Crippen LogP contribution < -0.4 is 4.74 Å². The largest absolute Gasteiger partial charge is 0.481 e. The van der Waals surface area contributed by atoms with Gasteiger partial charge in [0.05, 0.1) is 25.5 Å². The van der Waals surface area contributed by atoms with Crippen molar-refractivity contribution in [2.45, 2.75) is 19.1 Å². The van der Waals surface area contributed by atoms with Gasteiger partial charge in [0.2, 0.25) is 11.8 Å². The van der Waals surface area contributed by atoms with Gasteiger partial charge in [0.1, 0.15) is 0 Å². The highest BCUT2D eigenvalue weighted by atomic mass is 16.5. The number of aliphatic hydroxyl groups is 1. The smallest absolute Gasteiger partial charge is 0.236 e. The van der Waals surface area contributed by atoms with Crippen LogP contribution in [0, 0.1) is 0 Å². The standard InChI is InChI=1S/C20H25N3O3/c1-26-19-9-5-8-17(21-19)12-22-13-18(24)14-23(20(25)15-22)11-10-16-6-3-2-4-7-16/h2-9,18,24H,10-15H2,1H3. The number of carbonyl (C=O) groups is 1. The summed E-state index contributed by atoms with van der Waals surface area (Å²) in [6, 6.07) is 15.7. The molecule has 3 rings (SSSR count). The van der Waals surface area contributed by atoms with Gasteiger partial charge in [0.15, 0.2) is 0 Å². The van der Waals surface area contributed by atoms with Crippen molar-refractivity contribution < 1.29 is 14.6 Å². The maximum absolute atomic E-state index is 12.6. The number of methoxy groups -OCH3 is 1. The molecule has 6 nitrogen and oxygen atoms in total. The molecular formula is C20H25N3O3. The summed E-state index contributed by atoms with van der Waals surface area (Å²) in [5.74, 6) is 0.592. The first-order chi connectivity index (χ1) is 12.6. The summed E-state index contributed by atoms with van der Waals surface area (Å²) < 4.78 is 5.15. The zero-order chi connectivity index (χ0) is 18.4. The molecule has 0 aliphatic carbocycles. The number of nitrogens with zero attached hydrogens (tertiary/aromatic N) is 3. The molecule has 0 spiro atoms. The van der Waals surface area contributed by atoms with Crippen LogP contribution in [0.2, 0.25) is 0 Å². The predicted molar refractivity (Wildman–Crippen MR) is 98.8 cm³/mol. The molecule has 1 aromatic heterocycles. The fraction of sp³-hybridized carbons (Fsp3) is 0.400. The van der Waals surface area contributed by atoms with E-state index >= 15 is 0 Å². The fourth-order valence-corrected chi connectivity index (χ4v) is 3.20. The second-order valence-electron chi connectivity index (χ2n) is 6.57. The Balaban J connectivity index is 1.60. The average Bonchev–Trinajstić information content (AvgIpc) is 2.78. The van der Waals surface area contributed by atoms with Crippen molar-refractivity contribution in [3.8, 4) is 5.88 Å². The summed E-state index contributed by atoms with van der Waals surface area (Å²) in [7, 11) is 1.58. The molecule has 1 atom stereocenters. The molecule has 6 heteroatoms. The van der Waals surface area contributed by atoms with Crippen molar-refractivity contribution >= 4 is 5.91 Å². The van der Waals surface area contributed by atoms with E-state index in [1.165, 1.54) is 5.56 Å². The van der Waals surface area contributed by atoms with Gasteiger partial charge in [0.25, 0.3) is 0 Å². The summed E-state index contributed by atoms with van der Waals surface area (Å²) >= 11 is 0. The topological polar surface area (TPSA) is 65.9 Å². The molecule has 138 valence electrons. The number of hydrogen-bond donors (Lipinski definition) is 1. The normalized spacial score (nSPS) is 18.6. The Morgan fingerprint density at radius 1 is 1.15 bits per heavy atom. The number of aromatic nitrogens is 1. The van der Waals surface area contributed by atoms with Crippen LogP contribution in [0.3, 0.4) is 0 Å². The third-order valence-corrected chi connectivity index (χ3v) is 4.50. The van der Waals surface area contributed by atoms with Gasteiger partial charge in [-0.2, -0.15) is 0 Å².